The molecule has 34 heavy (non-hydrogen) atoms. The van der Waals surface area contributed by atoms with Gasteiger partial charge in [-0.1, -0.05) is 42.5 Å². The molecule has 0 aliphatic carbocycles. The number of aromatic nitrogens is 2. The number of H-pyrrole nitrogens is 1. The van der Waals surface area contributed by atoms with E-state index in [-0.39, 0.29) is 11.4 Å². The number of amides is 1. The molecule has 0 radical (unpaired) electrons. The second-order valence-electron chi connectivity index (χ2n) is 7.33. The topological polar surface area (TPSA) is 109 Å². The molecule has 0 aliphatic rings. The first-order valence-corrected chi connectivity index (χ1v) is 10.7. The van der Waals surface area contributed by atoms with Crippen molar-refractivity contribution in [2.24, 2.45) is 5.10 Å². The fraction of sp³-hybridized carbons (Fsp3) is 0.115. The van der Waals surface area contributed by atoms with Crippen molar-refractivity contribution in [1.82, 2.24) is 15.6 Å². The van der Waals surface area contributed by atoms with E-state index in [1.54, 1.807) is 18.2 Å². The average molecular weight is 457 g/mol. The van der Waals surface area contributed by atoms with E-state index in [1.165, 1.54) is 12.3 Å². The van der Waals surface area contributed by atoms with Gasteiger partial charge in [0.25, 0.3) is 5.91 Å². The Morgan fingerprint density at radius 2 is 1.91 bits per heavy atom. The molecule has 3 N–H and O–H groups in total. The van der Waals surface area contributed by atoms with Crippen LogP contribution in [0.15, 0.2) is 84.0 Å². The zero-order valence-electron chi connectivity index (χ0n) is 18.6. The van der Waals surface area contributed by atoms with E-state index in [1.807, 2.05) is 61.5 Å². The van der Waals surface area contributed by atoms with Crippen LogP contribution in [0.3, 0.4) is 0 Å². The summed E-state index contributed by atoms with van der Waals surface area (Å²) < 4.78 is 11.2. The highest BCUT2D eigenvalue weighted by molar-refractivity contribution is 5.94. The molecule has 0 bridgehead atoms. The summed E-state index contributed by atoms with van der Waals surface area (Å²) in [6.07, 6.45) is 1.46. The van der Waals surface area contributed by atoms with Crippen LogP contribution in [0.4, 0.5) is 0 Å². The number of ether oxygens (including phenoxy) is 2. The molecule has 1 heterocycles. The van der Waals surface area contributed by atoms with Crippen LogP contribution < -0.4 is 14.9 Å². The van der Waals surface area contributed by atoms with Gasteiger partial charge in [0.1, 0.15) is 18.1 Å². The minimum atomic E-state index is -0.435. The van der Waals surface area contributed by atoms with Crippen molar-refractivity contribution < 1.29 is 19.4 Å². The maximum atomic E-state index is 12.4. The van der Waals surface area contributed by atoms with E-state index in [0.29, 0.717) is 36.0 Å². The number of nitrogens with one attached hydrogen (secondary N) is 2. The first-order valence-electron chi connectivity index (χ1n) is 10.7. The van der Waals surface area contributed by atoms with Crippen LogP contribution in [-0.4, -0.2) is 34.0 Å². The summed E-state index contributed by atoms with van der Waals surface area (Å²) in [6.45, 7) is 2.71. The number of carbonyl (C=O) groups is 1. The van der Waals surface area contributed by atoms with E-state index in [9.17, 15) is 9.90 Å². The number of phenols is 1. The Bertz CT molecular complexity index is 1280. The van der Waals surface area contributed by atoms with Gasteiger partial charge in [0.05, 0.1) is 18.5 Å². The molecular weight excluding hydrogens is 432 g/mol. The standard InChI is InChI=1S/C26H24N4O4/c1-2-33-25-13-19(11-12-24(25)31)16-27-30-26(32)23-15-22(28-29-23)20-9-6-10-21(14-20)34-17-18-7-4-3-5-8-18/h3-16,31H,2,17H2,1H3,(H,28,29)(H,30,32)/b27-16+. The van der Waals surface area contributed by atoms with E-state index in [2.05, 4.69) is 20.7 Å². The number of carbonyl (C=O) groups excluding carboxylic acids is 1. The van der Waals surface area contributed by atoms with Gasteiger partial charge < -0.3 is 14.6 Å². The van der Waals surface area contributed by atoms with E-state index in [0.717, 1.165) is 11.1 Å². The summed E-state index contributed by atoms with van der Waals surface area (Å²) in [5, 5.41) is 20.7. The van der Waals surface area contributed by atoms with Gasteiger partial charge in [-0.15, -0.1) is 0 Å². The number of phenolic OH excluding ortho intramolecular Hbond substituents is 1. The summed E-state index contributed by atoms with van der Waals surface area (Å²) in [7, 11) is 0. The summed E-state index contributed by atoms with van der Waals surface area (Å²) in [5.74, 6) is 0.670. The average Bonchev–Trinajstić information content (AvgIpc) is 3.36. The van der Waals surface area contributed by atoms with Crippen molar-refractivity contribution in [3.05, 3.63) is 95.7 Å². The van der Waals surface area contributed by atoms with E-state index in [4.69, 9.17) is 9.47 Å². The molecule has 0 atom stereocenters. The monoisotopic (exact) mass is 456 g/mol. The minimum Gasteiger partial charge on any atom is -0.504 e. The number of nitrogens with zero attached hydrogens (tertiary/aromatic N) is 2. The molecule has 8 nitrogen and oxygen atoms in total. The van der Waals surface area contributed by atoms with Crippen molar-refractivity contribution in [2.45, 2.75) is 13.5 Å². The number of aromatic amines is 1. The van der Waals surface area contributed by atoms with Gasteiger partial charge in [-0.05, 0) is 54.4 Å². The van der Waals surface area contributed by atoms with Gasteiger partial charge in [-0.2, -0.15) is 10.2 Å². The minimum absolute atomic E-state index is 0.0440. The number of hydrazone groups is 1. The molecule has 172 valence electrons. The highest BCUT2D eigenvalue weighted by Gasteiger charge is 2.11. The Labute approximate surface area is 196 Å². The Morgan fingerprint density at radius 3 is 2.74 bits per heavy atom. The van der Waals surface area contributed by atoms with Crippen molar-refractivity contribution >= 4 is 12.1 Å². The predicted molar refractivity (Wildman–Crippen MR) is 129 cm³/mol. The summed E-state index contributed by atoms with van der Waals surface area (Å²) in [6, 6.07) is 23.9. The second kappa shape index (κ2) is 10.8. The van der Waals surface area contributed by atoms with Crippen molar-refractivity contribution in [3.8, 4) is 28.5 Å². The fourth-order valence-corrected chi connectivity index (χ4v) is 3.18. The van der Waals surface area contributed by atoms with Crippen LogP contribution in [0.5, 0.6) is 17.2 Å². The molecule has 0 aliphatic heterocycles. The molecule has 3 aromatic carbocycles. The third kappa shape index (κ3) is 5.80. The normalized spacial score (nSPS) is 10.9. The van der Waals surface area contributed by atoms with Gasteiger partial charge in [0.15, 0.2) is 11.5 Å². The summed E-state index contributed by atoms with van der Waals surface area (Å²) >= 11 is 0. The maximum absolute atomic E-state index is 12.4. The van der Waals surface area contributed by atoms with Gasteiger partial charge in [0, 0.05) is 5.56 Å². The first-order chi connectivity index (χ1) is 16.6. The van der Waals surface area contributed by atoms with E-state index < -0.39 is 5.91 Å². The molecule has 0 spiro atoms. The van der Waals surface area contributed by atoms with Crippen LogP contribution in [0.1, 0.15) is 28.5 Å². The van der Waals surface area contributed by atoms with Gasteiger partial charge in [0.2, 0.25) is 0 Å². The molecule has 0 saturated heterocycles. The Balaban J connectivity index is 1.38. The molecule has 0 saturated carbocycles. The Hall–Kier alpha value is -4.59. The molecule has 0 fully saturated rings. The number of rotatable bonds is 9. The molecule has 1 aromatic heterocycles. The van der Waals surface area contributed by atoms with Crippen molar-refractivity contribution in [2.75, 3.05) is 6.61 Å². The maximum Gasteiger partial charge on any atom is 0.289 e. The van der Waals surface area contributed by atoms with Crippen molar-refractivity contribution in [3.63, 3.8) is 0 Å². The van der Waals surface area contributed by atoms with Gasteiger partial charge >= 0.3 is 0 Å². The van der Waals surface area contributed by atoms with Crippen LogP contribution in [0.2, 0.25) is 0 Å². The molecule has 1 amide bonds. The number of benzene rings is 3. The fourth-order valence-electron chi connectivity index (χ4n) is 3.18. The van der Waals surface area contributed by atoms with E-state index >= 15 is 0 Å². The molecular formula is C26H24N4O4. The second-order valence-corrected chi connectivity index (χ2v) is 7.33. The zero-order chi connectivity index (χ0) is 23.8. The highest BCUT2D eigenvalue weighted by atomic mass is 16.5. The van der Waals surface area contributed by atoms with Gasteiger partial charge in [-0.25, -0.2) is 5.43 Å². The lowest BCUT2D eigenvalue weighted by atomic mass is 10.1. The smallest absolute Gasteiger partial charge is 0.289 e. The third-order valence-electron chi connectivity index (χ3n) is 4.86. The first kappa shape index (κ1) is 22.6. The third-order valence-corrected chi connectivity index (χ3v) is 4.86. The highest BCUT2D eigenvalue weighted by Crippen LogP contribution is 2.26. The zero-order valence-corrected chi connectivity index (χ0v) is 18.6. The van der Waals surface area contributed by atoms with Gasteiger partial charge in [-0.3, -0.25) is 9.89 Å². The van der Waals surface area contributed by atoms with Crippen LogP contribution in [0.25, 0.3) is 11.3 Å². The largest absolute Gasteiger partial charge is 0.504 e. The SMILES string of the molecule is CCOc1cc(/C=N/NC(=O)c2cc(-c3cccc(OCc4ccccc4)c3)n[nH]2)ccc1O. The molecule has 4 aromatic rings. The van der Waals surface area contributed by atoms with Crippen LogP contribution in [-0.2, 0) is 6.61 Å². The molecule has 8 heteroatoms. The number of hydrogen-bond donors (Lipinski definition) is 3. The lowest BCUT2D eigenvalue weighted by Crippen LogP contribution is -2.18. The molecule has 0 unspecified atom stereocenters. The molecule has 4 rings (SSSR count). The Morgan fingerprint density at radius 1 is 1.06 bits per heavy atom. The van der Waals surface area contributed by atoms with Crippen molar-refractivity contribution in [1.29, 1.82) is 0 Å². The number of aromatic hydroxyl groups is 1. The number of hydrogen-bond acceptors (Lipinski definition) is 6. The lowest BCUT2D eigenvalue weighted by molar-refractivity contribution is 0.0950. The summed E-state index contributed by atoms with van der Waals surface area (Å²) in [5.41, 5.74) is 5.90. The quantitative estimate of drug-likeness (QED) is 0.253. The lowest BCUT2D eigenvalue weighted by Gasteiger charge is -2.07. The van der Waals surface area contributed by atoms with Crippen LogP contribution >= 0.6 is 0 Å². The summed E-state index contributed by atoms with van der Waals surface area (Å²) in [4.78, 5) is 12.4. The predicted octanol–water partition coefficient (Wildman–Crippen LogP) is 4.52. The Kier molecular flexibility index (Phi) is 7.19. The van der Waals surface area contributed by atoms with Crippen LogP contribution in [0, 0.1) is 0 Å².